The van der Waals surface area contributed by atoms with Crippen LogP contribution in [-0.2, 0) is 19.6 Å². The lowest BCUT2D eigenvalue weighted by molar-refractivity contribution is -0.120. The fraction of sp³-hybridized carbons (Fsp3) is 0.364. The predicted octanol–water partition coefficient (Wildman–Crippen LogP) is 3.91. The van der Waals surface area contributed by atoms with Gasteiger partial charge in [-0.2, -0.15) is 0 Å². The molecule has 1 saturated heterocycles. The maximum Gasteiger partial charge on any atom is 0.261 e. The first-order valence-electron chi connectivity index (χ1n) is 10.0. The van der Waals surface area contributed by atoms with Crippen molar-refractivity contribution in [3.63, 3.8) is 0 Å². The first-order chi connectivity index (χ1) is 14.2. The van der Waals surface area contributed by atoms with Gasteiger partial charge >= 0.3 is 0 Å². The van der Waals surface area contributed by atoms with Crippen LogP contribution in [0.1, 0.15) is 38.7 Å². The molecule has 0 saturated carbocycles. The lowest BCUT2D eigenvalue weighted by Gasteiger charge is -2.28. The molecule has 1 aliphatic rings. The Bertz CT molecular complexity index is 1050. The number of nitrogens with zero attached hydrogens (tertiary/aromatic N) is 1. The Hall–Kier alpha value is -2.87. The van der Waals surface area contributed by atoms with Crippen molar-refractivity contribution in [2.75, 3.05) is 21.5 Å². The second kappa shape index (κ2) is 8.87. The third kappa shape index (κ3) is 4.99. The molecule has 2 amide bonds. The normalized spacial score (nSPS) is 14.7. The summed E-state index contributed by atoms with van der Waals surface area (Å²) in [4.78, 5) is 25.9. The highest BCUT2D eigenvalue weighted by Gasteiger charge is 2.22. The van der Waals surface area contributed by atoms with Gasteiger partial charge in [-0.3, -0.25) is 14.3 Å². The van der Waals surface area contributed by atoms with Crippen LogP contribution < -0.4 is 14.9 Å². The summed E-state index contributed by atoms with van der Waals surface area (Å²) in [6, 6.07) is 11.2. The molecule has 0 radical (unpaired) electrons. The van der Waals surface area contributed by atoms with Crippen LogP contribution in [0.2, 0.25) is 0 Å². The maximum absolute atomic E-state index is 12.8. The van der Waals surface area contributed by atoms with Crippen molar-refractivity contribution in [2.24, 2.45) is 5.92 Å². The number of hydrogen-bond donors (Lipinski definition) is 2. The average molecular weight is 430 g/mol. The third-order valence-corrected chi connectivity index (χ3v) is 6.43. The number of piperidine rings is 1. The first-order valence-corrected chi connectivity index (χ1v) is 11.5. The van der Waals surface area contributed by atoms with Crippen molar-refractivity contribution in [2.45, 2.75) is 44.9 Å². The van der Waals surface area contributed by atoms with E-state index < -0.39 is 10.0 Å². The van der Waals surface area contributed by atoms with Crippen LogP contribution in [0, 0.1) is 12.8 Å². The van der Waals surface area contributed by atoms with Crippen molar-refractivity contribution >= 4 is 38.9 Å². The summed E-state index contributed by atoms with van der Waals surface area (Å²) in [5, 5.41) is 2.73. The van der Waals surface area contributed by atoms with Gasteiger partial charge in [0.1, 0.15) is 0 Å². The Balaban J connectivity index is 1.79. The molecule has 7 nitrogen and oxygen atoms in total. The number of benzene rings is 2. The molecule has 0 bridgehead atoms. The Labute approximate surface area is 177 Å². The van der Waals surface area contributed by atoms with Gasteiger partial charge in [0.05, 0.1) is 10.6 Å². The molecular weight excluding hydrogens is 402 g/mol. The standard InChI is InChI=1S/C22H27N3O4S/c1-15(2)22(27)23-17-9-11-19(12-10-17)30(28,29)24-18-8-7-16(3)20(14-18)25-13-5-4-6-21(25)26/h7-12,14-15,24H,4-6,13H2,1-3H3,(H,23,27). The van der Waals surface area contributed by atoms with Crippen LogP contribution in [0.3, 0.4) is 0 Å². The number of anilines is 3. The molecule has 1 fully saturated rings. The molecule has 30 heavy (non-hydrogen) atoms. The van der Waals surface area contributed by atoms with Gasteiger partial charge in [-0.1, -0.05) is 19.9 Å². The Kier molecular flexibility index (Phi) is 6.45. The lowest BCUT2D eigenvalue weighted by atomic mass is 10.1. The number of carbonyl (C=O) groups excluding carboxylic acids is 2. The Morgan fingerprint density at radius 3 is 2.33 bits per heavy atom. The number of amides is 2. The monoisotopic (exact) mass is 429 g/mol. The highest BCUT2D eigenvalue weighted by molar-refractivity contribution is 7.92. The summed E-state index contributed by atoms with van der Waals surface area (Å²) >= 11 is 0. The van der Waals surface area contributed by atoms with Gasteiger partial charge in [0.25, 0.3) is 10.0 Å². The SMILES string of the molecule is Cc1ccc(NS(=O)(=O)c2ccc(NC(=O)C(C)C)cc2)cc1N1CCCCC1=O. The molecular formula is C22H27N3O4S. The molecule has 1 heterocycles. The van der Waals surface area contributed by atoms with Crippen LogP contribution in [0.25, 0.3) is 0 Å². The molecule has 2 N–H and O–H groups in total. The van der Waals surface area contributed by atoms with Gasteiger partial charge in [0.2, 0.25) is 11.8 Å². The van der Waals surface area contributed by atoms with Crippen LogP contribution in [0.15, 0.2) is 47.4 Å². The van der Waals surface area contributed by atoms with E-state index in [0.717, 1.165) is 24.1 Å². The molecule has 160 valence electrons. The number of nitrogens with one attached hydrogen (secondary N) is 2. The predicted molar refractivity (Wildman–Crippen MR) is 118 cm³/mol. The highest BCUT2D eigenvalue weighted by atomic mass is 32.2. The largest absolute Gasteiger partial charge is 0.326 e. The molecule has 0 atom stereocenters. The van der Waals surface area contributed by atoms with Gasteiger partial charge in [0, 0.05) is 30.3 Å². The molecule has 0 spiro atoms. The summed E-state index contributed by atoms with van der Waals surface area (Å²) in [6.07, 6.45) is 2.32. The summed E-state index contributed by atoms with van der Waals surface area (Å²) in [5.74, 6) is -0.246. The summed E-state index contributed by atoms with van der Waals surface area (Å²) in [7, 11) is -3.81. The smallest absolute Gasteiger partial charge is 0.261 e. The van der Waals surface area contributed by atoms with Gasteiger partial charge < -0.3 is 10.2 Å². The van der Waals surface area contributed by atoms with Crippen molar-refractivity contribution in [1.29, 1.82) is 0 Å². The fourth-order valence-electron chi connectivity index (χ4n) is 3.24. The number of rotatable bonds is 6. The minimum atomic E-state index is -3.81. The van der Waals surface area contributed by atoms with Crippen molar-refractivity contribution in [1.82, 2.24) is 0 Å². The van der Waals surface area contributed by atoms with Crippen LogP contribution >= 0.6 is 0 Å². The molecule has 0 unspecified atom stereocenters. The highest BCUT2D eigenvalue weighted by Crippen LogP contribution is 2.29. The third-order valence-electron chi connectivity index (χ3n) is 5.03. The molecule has 2 aromatic carbocycles. The Morgan fingerprint density at radius 1 is 1.03 bits per heavy atom. The number of carbonyl (C=O) groups is 2. The van der Waals surface area contributed by atoms with Crippen molar-refractivity contribution in [3.05, 3.63) is 48.0 Å². The van der Waals surface area contributed by atoms with Crippen LogP contribution in [0.5, 0.6) is 0 Å². The van der Waals surface area contributed by atoms with E-state index in [9.17, 15) is 18.0 Å². The minimum Gasteiger partial charge on any atom is -0.326 e. The van der Waals surface area contributed by atoms with E-state index >= 15 is 0 Å². The number of aryl methyl sites for hydroxylation is 1. The lowest BCUT2D eigenvalue weighted by Crippen LogP contribution is -2.35. The number of sulfonamides is 1. The topological polar surface area (TPSA) is 95.6 Å². The quantitative estimate of drug-likeness (QED) is 0.728. The second-order valence-electron chi connectivity index (χ2n) is 7.78. The van der Waals surface area contributed by atoms with Gasteiger partial charge in [-0.15, -0.1) is 0 Å². The summed E-state index contributed by atoms with van der Waals surface area (Å²) in [5.41, 5.74) is 2.57. The first kappa shape index (κ1) is 21.8. The summed E-state index contributed by atoms with van der Waals surface area (Å²) < 4.78 is 28.2. The van der Waals surface area contributed by atoms with E-state index in [4.69, 9.17) is 0 Å². The zero-order chi connectivity index (χ0) is 21.9. The molecule has 3 rings (SSSR count). The van der Waals surface area contributed by atoms with E-state index in [2.05, 4.69) is 10.0 Å². The van der Waals surface area contributed by atoms with Gasteiger partial charge in [-0.05, 0) is 61.7 Å². The van der Waals surface area contributed by atoms with E-state index in [-0.39, 0.29) is 22.6 Å². The molecule has 0 aliphatic carbocycles. The van der Waals surface area contributed by atoms with Crippen LogP contribution in [-0.4, -0.2) is 26.8 Å². The zero-order valence-electron chi connectivity index (χ0n) is 17.4. The van der Waals surface area contributed by atoms with Crippen molar-refractivity contribution in [3.8, 4) is 0 Å². The molecule has 1 aliphatic heterocycles. The Morgan fingerprint density at radius 2 is 1.70 bits per heavy atom. The van der Waals surface area contributed by atoms with Gasteiger partial charge in [-0.25, -0.2) is 8.42 Å². The van der Waals surface area contributed by atoms with E-state index in [1.807, 2.05) is 6.92 Å². The number of hydrogen-bond acceptors (Lipinski definition) is 4. The van der Waals surface area contributed by atoms with Crippen LogP contribution in [0.4, 0.5) is 17.1 Å². The van der Waals surface area contributed by atoms with E-state index in [1.54, 1.807) is 49.1 Å². The second-order valence-corrected chi connectivity index (χ2v) is 9.46. The molecule has 2 aromatic rings. The average Bonchev–Trinajstić information content (AvgIpc) is 2.70. The molecule has 0 aromatic heterocycles. The zero-order valence-corrected chi connectivity index (χ0v) is 18.3. The van der Waals surface area contributed by atoms with Gasteiger partial charge in [0.15, 0.2) is 0 Å². The molecule has 8 heteroatoms. The minimum absolute atomic E-state index is 0.0587. The van der Waals surface area contributed by atoms with Crippen molar-refractivity contribution < 1.29 is 18.0 Å². The maximum atomic E-state index is 12.8. The fourth-order valence-corrected chi connectivity index (χ4v) is 4.29. The van der Waals surface area contributed by atoms with E-state index in [1.165, 1.54) is 12.1 Å². The van der Waals surface area contributed by atoms with E-state index in [0.29, 0.717) is 24.3 Å². The summed E-state index contributed by atoms with van der Waals surface area (Å²) in [6.45, 7) is 6.11.